The van der Waals surface area contributed by atoms with Gasteiger partial charge in [-0.1, -0.05) is 26.0 Å². The van der Waals surface area contributed by atoms with Crippen molar-refractivity contribution < 1.29 is 13.2 Å². The minimum Gasteiger partial charge on any atom is -0.307 e. The van der Waals surface area contributed by atoms with Gasteiger partial charge in [0.15, 0.2) is 0 Å². The number of hydrogen-bond donors (Lipinski definition) is 2. The van der Waals surface area contributed by atoms with Crippen molar-refractivity contribution in [1.82, 2.24) is 9.62 Å². The maximum absolute atomic E-state index is 12.6. The van der Waals surface area contributed by atoms with Crippen molar-refractivity contribution in [2.45, 2.75) is 71.8 Å². The summed E-state index contributed by atoms with van der Waals surface area (Å²) in [6.45, 7) is 9.00. The van der Waals surface area contributed by atoms with E-state index in [4.69, 9.17) is 0 Å². The van der Waals surface area contributed by atoms with E-state index in [0.29, 0.717) is 5.92 Å². The van der Waals surface area contributed by atoms with Gasteiger partial charge < -0.3 is 5.32 Å². The van der Waals surface area contributed by atoms with Crippen LogP contribution < -0.4 is 10.0 Å². The van der Waals surface area contributed by atoms with E-state index >= 15 is 0 Å². The number of fused-ring (bicyclic) bond motifs is 2. The standard InChI is InChI=1S/C23H35N3O3S/c1-16(2)15-26(5)23(3,4)12-13-30(28,29)25-22(27)24-21-19-10-6-8-17(19)14-18-9-7-11-20(18)21/h12-14,16H,6-11,15H2,1-5H3,(H2,24,25,27)/b13-12+. The van der Waals surface area contributed by atoms with Crippen molar-refractivity contribution in [2.75, 3.05) is 18.9 Å². The zero-order valence-electron chi connectivity index (χ0n) is 18.8. The van der Waals surface area contributed by atoms with Crippen LogP contribution in [0.25, 0.3) is 0 Å². The molecule has 0 spiro atoms. The molecule has 0 heterocycles. The van der Waals surface area contributed by atoms with E-state index in [2.05, 4.69) is 34.9 Å². The average molecular weight is 434 g/mol. The Balaban J connectivity index is 1.71. The zero-order chi connectivity index (χ0) is 22.1. The molecule has 0 aromatic heterocycles. The van der Waals surface area contributed by atoms with E-state index in [-0.39, 0.29) is 0 Å². The van der Waals surface area contributed by atoms with Crippen molar-refractivity contribution in [3.8, 4) is 0 Å². The molecule has 0 bridgehead atoms. The highest BCUT2D eigenvalue weighted by molar-refractivity contribution is 7.92. The molecule has 0 atom stereocenters. The van der Waals surface area contributed by atoms with E-state index in [9.17, 15) is 13.2 Å². The van der Waals surface area contributed by atoms with Gasteiger partial charge in [0.2, 0.25) is 0 Å². The minimum atomic E-state index is -3.89. The highest BCUT2D eigenvalue weighted by Gasteiger charge is 2.26. The van der Waals surface area contributed by atoms with Gasteiger partial charge in [-0.25, -0.2) is 17.9 Å². The van der Waals surface area contributed by atoms with Gasteiger partial charge in [-0.2, -0.15) is 0 Å². The van der Waals surface area contributed by atoms with Crippen molar-refractivity contribution in [1.29, 1.82) is 0 Å². The number of likely N-dealkylation sites (N-methyl/N-ethyl adjacent to an activating group) is 1. The van der Waals surface area contributed by atoms with E-state index in [1.165, 1.54) is 22.3 Å². The molecule has 1 aromatic carbocycles. The Hall–Kier alpha value is -1.86. The van der Waals surface area contributed by atoms with Crippen molar-refractivity contribution in [3.63, 3.8) is 0 Å². The van der Waals surface area contributed by atoms with Crippen molar-refractivity contribution >= 4 is 21.7 Å². The SMILES string of the molecule is CC(C)CN(C)C(C)(C)/C=C/S(=O)(=O)NC(=O)Nc1c2c(cc3c1CCC3)CCC2. The Labute approximate surface area is 181 Å². The molecule has 0 saturated carbocycles. The van der Waals surface area contributed by atoms with Gasteiger partial charge in [0.1, 0.15) is 0 Å². The largest absolute Gasteiger partial charge is 0.333 e. The van der Waals surface area contributed by atoms with Crippen LogP contribution in [0.4, 0.5) is 10.5 Å². The third-order valence-electron chi connectivity index (χ3n) is 6.22. The number of nitrogens with one attached hydrogen (secondary N) is 2. The molecule has 0 radical (unpaired) electrons. The van der Waals surface area contributed by atoms with Gasteiger partial charge in [0.25, 0.3) is 10.0 Å². The third kappa shape index (κ3) is 5.24. The minimum absolute atomic E-state index is 0.448. The van der Waals surface area contributed by atoms with Gasteiger partial charge in [-0.3, -0.25) is 4.90 Å². The highest BCUT2D eigenvalue weighted by Crippen LogP contribution is 2.38. The summed E-state index contributed by atoms with van der Waals surface area (Å²) in [4.78, 5) is 14.7. The summed E-state index contributed by atoms with van der Waals surface area (Å²) in [7, 11) is -1.93. The van der Waals surface area contributed by atoms with Crippen LogP contribution in [0.1, 0.15) is 62.8 Å². The highest BCUT2D eigenvalue weighted by atomic mass is 32.2. The van der Waals surface area contributed by atoms with E-state index in [1.807, 2.05) is 20.9 Å². The Bertz CT molecular complexity index is 917. The molecule has 2 N–H and O–H groups in total. The maximum atomic E-state index is 12.6. The number of nitrogens with zero attached hydrogens (tertiary/aromatic N) is 1. The lowest BCUT2D eigenvalue weighted by Gasteiger charge is -2.34. The molecule has 3 rings (SSSR count). The fourth-order valence-electron chi connectivity index (χ4n) is 4.44. The summed E-state index contributed by atoms with van der Waals surface area (Å²) in [6, 6.07) is 1.59. The molecule has 2 aliphatic carbocycles. The summed E-state index contributed by atoms with van der Waals surface area (Å²) in [5.74, 6) is 0.470. The summed E-state index contributed by atoms with van der Waals surface area (Å²) in [5, 5.41) is 3.97. The molecule has 0 unspecified atom stereocenters. The molecule has 1 aromatic rings. The molecule has 7 heteroatoms. The van der Waals surface area contributed by atoms with Crippen LogP contribution in [-0.2, 0) is 35.7 Å². The van der Waals surface area contributed by atoms with Crippen LogP contribution in [0.2, 0.25) is 0 Å². The Morgan fingerprint density at radius 3 is 2.23 bits per heavy atom. The summed E-state index contributed by atoms with van der Waals surface area (Å²) < 4.78 is 27.2. The van der Waals surface area contributed by atoms with Crippen molar-refractivity contribution in [3.05, 3.63) is 39.8 Å². The zero-order valence-corrected chi connectivity index (χ0v) is 19.7. The monoisotopic (exact) mass is 433 g/mol. The second-order valence-electron chi connectivity index (χ2n) is 9.57. The molecule has 2 aliphatic rings. The first-order valence-corrected chi connectivity index (χ1v) is 12.4. The number of benzene rings is 1. The molecular formula is C23H35N3O3S. The van der Waals surface area contributed by atoms with E-state index < -0.39 is 21.6 Å². The topological polar surface area (TPSA) is 78.5 Å². The van der Waals surface area contributed by atoms with Crippen LogP contribution in [0, 0.1) is 5.92 Å². The fourth-order valence-corrected chi connectivity index (χ4v) is 5.33. The lowest BCUT2D eigenvalue weighted by atomic mass is 9.99. The number of sulfonamides is 1. The van der Waals surface area contributed by atoms with E-state index in [0.717, 1.165) is 56.2 Å². The van der Waals surface area contributed by atoms with Gasteiger partial charge in [0, 0.05) is 23.2 Å². The first-order chi connectivity index (χ1) is 14.0. The number of urea groups is 1. The molecule has 6 nitrogen and oxygen atoms in total. The molecule has 166 valence electrons. The molecule has 0 saturated heterocycles. The smallest absolute Gasteiger partial charge is 0.307 e. The average Bonchev–Trinajstić information content (AvgIpc) is 3.28. The number of amides is 2. The summed E-state index contributed by atoms with van der Waals surface area (Å²) >= 11 is 0. The number of anilines is 1. The summed E-state index contributed by atoms with van der Waals surface area (Å²) in [6.07, 6.45) is 7.70. The fraction of sp³-hybridized carbons (Fsp3) is 0.609. The number of aryl methyl sites for hydroxylation is 2. The number of carbonyl (C=O) groups excluding carboxylic acids is 1. The third-order valence-corrected chi connectivity index (χ3v) is 7.19. The first-order valence-electron chi connectivity index (χ1n) is 10.9. The van der Waals surface area contributed by atoms with Crippen LogP contribution in [0.5, 0.6) is 0 Å². The molecule has 2 amide bonds. The quantitative estimate of drug-likeness (QED) is 0.681. The number of hydrogen-bond acceptors (Lipinski definition) is 4. The second kappa shape index (κ2) is 8.71. The number of rotatable bonds is 7. The van der Waals surface area contributed by atoms with Crippen LogP contribution in [0.15, 0.2) is 17.6 Å². The summed E-state index contributed by atoms with van der Waals surface area (Å²) in [5.41, 5.74) is 5.33. The maximum Gasteiger partial charge on any atom is 0.333 e. The molecule has 30 heavy (non-hydrogen) atoms. The van der Waals surface area contributed by atoms with E-state index in [1.54, 1.807) is 6.08 Å². The first kappa shape index (κ1) is 22.8. The van der Waals surface area contributed by atoms with Gasteiger partial charge in [-0.15, -0.1) is 0 Å². The molecule has 0 aliphatic heterocycles. The lowest BCUT2D eigenvalue weighted by Crippen LogP contribution is -2.42. The Morgan fingerprint density at radius 2 is 1.70 bits per heavy atom. The second-order valence-corrected chi connectivity index (χ2v) is 11.1. The predicted octanol–water partition coefficient (Wildman–Crippen LogP) is 4.00. The van der Waals surface area contributed by atoms with Gasteiger partial charge in [0.05, 0.1) is 0 Å². The van der Waals surface area contributed by atoms with Crippen LogP contribution >= 0.6 is 0 Å². The van der Waals surface area contributed by atoms with Crippen molar-refractivity contribution in [2.24, 2.45) is 5.92 Å². The molecular weight excluding hydrogens is 398 g/mol. The molecule has 0 fully saturated rings. The predicted molar refractivity (Wildman–Crippen MR) is 122 cm³/mol. The Kier molecular flexibility index (Phi) is 6.63. The van der Waals surface area contributed by atoms with Crippen LogP contribution in [-0.4, -0.2) is 38.5 Å². The van der Waals surface area contributed by atoms with Crippen LogP contribution in [0.3, 0.4) is 0 Å². The normalized spacial score (nSPS) is 16.4. The van der Waals surface area contributed by atoms with Gasteiger partial charge in [-0.05, 0) is 87.6 Å². The number of carbonyl (C=O) groups is 1. The Morgan fingerprint density at radius 1 is 1.13 bits per heavy atom. The van der Waals surface area contributed by atoms with Gasteiger partial charge >= 0.3 is 6.03 Å². The lowest BCUT2D eigenvalue weighted by molar-refractivity contribution is 0.183.